The molecular formula is C19H22Cl2FN5O. The molecule has 0 spiro atoms. The van der Waals surface area contributed by atoms with Gasteiger partial charge in [0, 0.05) is 36.3 Å². The number of aryl methyl sites for hydroxylation is 1. The molecule has 0 radical (unpaired) electrons. The molecule has 9 heteroatoms. The minimum absolute atomic E-state index is 0. The number of carbonyl (C=O) groups is 1. The first-order valence-corrected chi connectivity index (χ1v) is 8.73. The maximum absolute atomic E-state index is 14.1. The number of halogens is 3. The second-order valence-electron chi connectivity index (χ2n) is 6.64. The Hall–Kier alpha value is -2.22. The van der Waals surface area contributed by atoms with Crippen LogP contribution in [-0.2, 0) is 0 Å². The van der Waals surface area contributed by atoms with Gasteiger partial charge in [-0.3, -0.25) is 9.78 Å². The van der Waals surface area contributed by atoms with Crippen molar-refractivity contribution in [3.8, 4) is 0 Å². The van der Waals surface area contributed by atoms with Crippen LogP contribution in [0.1, 0.15) is 40.5 Å². The third-order valence-corrected chi connectivity index (χ3v) is 4.69. The number of hydrogen-bond donors (Lipinski definition) is 2. The van der Waals surface area contributed by atoms with Crippen LogP contribution in [0.4, 0.5) is 10.1 Å². The molecule has 150 valence electrons. The fourth-order valence-corrected chi connectivity index (χ4v) is 3.35. The van der Waals surface area contributed by atoms with Crippen molar-refractivity contribution in [1.29, 1.82) is 0 Å². The highest BCUT2D eigenvalue weighted by Gasteiger charge is 2.17. The summed E-state index contributed by atoms with van der Waals surface area (Å²) in [4.78, 5) is 21.0. The molecule has 1 aliphatic rings. The topological polar surface area (TPSA) is 71.3 Å². The minimum atomic E-state index is -0.477. The Morgan fingerprint density at radius 3 is 2.68 bits per heavy atom. The Bertz CT molecular complexity index is 955. The summed E-state index contributed by atoms with van der Waals surface area (Å²) in [5.74, 6) is -0.352. The molecule has 0 unspecified atom stereocenters. The third-order valence-electron chi connectivity index (χ3n) is 4.69. The van der Waals surface area contributed by atoms with E-state index in [2.05, 4.69) is 20.6 Å². The van der Waals surface area contributed by atoms with Gasteiger partial charge in [0.2, 0.25) is 0 Å². The van der Waals surface area contributed by atoms with Crippen molar-refractivity contribution in [2.24, 2.45) is 0 Å². The summed E-state index contributed by atoms with van der Waals surface area (Å²) in [5, 5.41) is 6.05. The van der Waals surface area contributed by atoms with E-state index in [9.17, 15) is 9.18 Å². The second kappa shape index (κ2) is 9.32. The van der Waals surface area contributed by atoms with E-state index >= 15 is 0 Å². The van der Waals surface area contributed by atoms with Crippen LogP contribution in [0.3, 0.4) is 0 Å². The number of piperidine rings is 1. The lowest BCUT2D eigenvalue weighted by molar-refractivity contribution is 0.102. The SMILES string of the molecule is Cc1cn2cc(NC(=O)c3ccc(C4CCNCC4)nc3)cc(F)c2n1.Cl.Cl. The number of amides is 1. The van der Waals surface area contributed by atoms with Crippen LogP contribution in [-0.4, -0.2) is 33.4 Å². The average Bonchev–Trinajstić information content (AvgIpc) is 3.03. The highest BCUT2D eigenvalue weighted by Crippen LogP contribution is 2.23. The van der Waals surface area contributed by atoms with E-state index in [0.717, 1.165) is 31.6 Å². The molecule has 1 saturated heterocycles. The number of fused-ring (bicyclic) bond motifs is 1. The summed E-state index contributed by atoms with van der Waals surface area (Å²) in [5.41, 5.74) is 2.80. The van der Waals surface area contributed by atoms with Gasteiger partial charge in [-0.25, -0.2) is 9.37 Å². The van der Waals surface area contributed by atoms with Crippen molar-refractivity contribution in [3.05, 3.63) is 59.6 Å². The summed E-state index contributed by atoms with van der Waals surface area (Å²) in [7, 11) is 0. The molecule has 1 aliphatic heterocycles. The summed E-state index contributed by atoms with van der Waals surface area (Å²) in [6.45, 7) is 3.78. The number of carbonyl (C=O) groups excluding carboxylic acids is 1. The van der Waals surface area contributed by atoms with E-state index in [0.29, 0.717) is 22.9 Å². The van der Waals surface area contributed by atoms with Gasteiger partial charge in [-0.15, -0.1) is 24.8 Å². The first kappa shape index (κ1) is 22.1. The van der Waals surface area contributed by atoms with Crippen molar-refractivity contribution >= 4 is 42.1 Å². The number of hydrogen-bond acceptors (Lipinski definition) is 4. The van der Waals surface area contributed by atoms with Crippen LogP contribution in [0.15, 0.2) is 36.8 Å². The monoisotopic (exact) mass is 425 g/mol. The molecule has 0 bridgehead atoms. The number of anilines is 1. The summed E-state index contributed by atoms with van der Waals surface area (Å²) < 4.78 is 15.7. The minimum Gasteiger partial charge on any atom is -0.321 e. The van der Waals surface area contributed by atoms with Gasteiger partial charge in [0.15, 0.2) is 11.5 Å². The average molecular weight is 426 g/mol. The van der Waals surface area contributed by atoms with Crippen molar-refractivity contribution < 1.29 is 9.18 Å². The number of rotatable bonds is 3. The van der Waals surface area contributed by atoms with Gasteiger partial charge in [-0.1, -0.05) is 0 Å². The molecule has 3 aromatic rings. The van der Waals surface area contributed by atoms with E-state index < -0.39 is 5.82 Å². The molecule has 1 fully saturated rings. The van der Waals surface area contributed by atoms with Gasteiger partial charge in [-0.05, 0) is 45.0 Å². The van der Waals surface area contributed by atoms with Crippen LogP contribution in [0.5, 0.6) is 0 Å². The molecule has 0 saturated carbocycles. The quantitative estimate of drug-likeness (QED) is 0.670. The largest absolute Gasteiger partial charge is 0.321 e. The first-order valence-electron chi connectivity index (χ1n) is 8.73. The Kier molecular flexibility index (Phi) is 7.35. The molecular weight excluding hydrogens is 404 g/mol. The first-order chi connectivity index (χ1) is 12.6. The lowest BCUT2D eigenvalue weighted by Gasteiger charge is -2.22. The summed E-state index contributed by atoms with van der Waals surface area (Å²) >= 11 is 0. The van der Waals surface area contributed by atoms with Crippen LogP contribution >= 0.6 is 24.8 Å². The summed E-state index contributed by atoms with van der Waals surface area (Å²) in [6.07, 6.45) is 7.06. The van der Waals surface area contributed by atoms with Crippen LogP contribution in [0, 0.1) is 12.7 Å². The number of pyridine rings is 2. The smallest absolute Gasteiger partial charge is 0.257 e. The number of imidazole rings is 1. The molecule has 3 aromatic heterocycles. The van der Waals surface area contributed by atoms with Crippen molar-refractivity contribution in [1.82, 2.24) is 19.7 Å². The normalized spacial score (nSPS) is 14.2. The highest BCUT2D eigenvalue weighted by molar-refractivity contribution is 6.04. The maximum Gasteiger partial charge on any atom is 0.257 e. The summed E-state index contributed by atoms with van der Waals surface area (Å²) in [6, 6.07) is 4.96. The zero-order valence-electron chi connectivity index (χ0n) is 15.3. The Morgan fingerprint density at radius 1 is 1.25 bits per heavy atom. The molecule has 28 heavy (non-hydrogen) atoms. The molecule has 0 aliphatic carbocycles. The van der Waals surface area contributed by atoms with Crippen LogP contribution in [0.25, 0.3) is 5.65 Å². The second-order valence-corrected chi connectivity index (χ2v) is 6.64. The zero-order valence-corrected chi connectivity index (χ0v) is 16.9. The van der Waals surface area contributed by atoms with Gasteiger partial charge in [0.05, 0.1) is 16.9 Å². The van der Waals surface area contributed by atoms with Crippen molar-refractivity contribution in [3.63, 3.8) is 0 Å². The highest BCUT2D eigenvalue weighted by atomic mass is 35.5. The molecule has 0 aromatic carbocycles. The van der Waals surface area contributed by atoms with E-state index in [-0.39, 0.29) is 36.4 Å². The van der Waals surface area contributed by atoms with E-state index in [1.165, 1.54) is 6.07 Å². The predicted octanol–water partition coefficient (Wildman–Crippen LogP) is 3.74. The fraction of sp³-hybridized carbons (Fsp3) is 0.316. The van der Waals surface area contributed by atoms with Crippen LogP contribution < -0.4 is 10.6 Å². The number of nitrogens with zero attached hydrogens (tertiary/aromatic N) is 3. The van der Waals surface area contributed by atoms with Crippen molar-refractivity contribution in [2.75, 3.05) is 18.4 Å². The van der Waals surface area contributed by atoms with E-state index in [1.807, 2.05) is 6.07 Å². The Morgan fingerprint density at radius 2 is 2.00 bits per heavy atom. The van der Waals surface area contributed by atoms with Gasteiger partial charge >= 0.3 is 0 Å². The van der Waals surface area contributed by atoms with Gasteiger partial charge < -0.3 is 15.0 Å². The molecule has 4 heterocycles. The molecule has 2 N–H and O–H groups in total. The predicted molar refractivity (Wildman–Crippen MR) is 111 cm³/mol. The van der Waals surface area contributed by atoms with E-state index in [1.54, 1.807) is 36.0 Å². The lowest BCUT2D eigenvalue weighted by atomic mass is 9.94. The lowest BCUT2D eigenvalue weighted by Crippen LogP contribution is -2.27. The fourth-order valence-electron chi connectivity index (χ4n) is 3.35. The molecule has 0 atom stereocenters. The Labute approximate surface area is 174 Å². The standard InChI is InChI=1S/C19H20FN5O.2ClH/c1-12-10-25-11-15(8-16(20)18(25)23-12)24-19(26)14-2-3-17(22-9-14)13-4-6-21-7-5-13;;/h2-3,8-11,13,21H,4-7H2,1H3,(H,24,26);2*1H. The van der Waals surface area contributed by atoms with Crippen LogP contribution in [0.2, 0.25) is 0 Å². The third kappa shape index (κ3) is 4.60. The molecule has 6 nitrogen and oxygen atoms in total. The molecule has 1 amide bonds. The molecule has 4 rings (SSSR count). The number of aromatic nitrogens is 3. The zero-order chi connectivity index (χ0) is 18.1. The van der Waals surface area contributed by atoms with Crippen molar-refractivity contribution in [2.45, 2.75) is 25.7 Å². The van der Waals surface area contributed by atoms with Gasteiger partial charge in [0.25, 0.3) is 5.91 Å². The maximum atomic E-state index is 14.1. The van der Waals surface area contributed by atoms with Gasteiger partial charge in [0.1, 0.15) is 0 Å². The Balaban J connectivity index is 0.00000140. The van der Waals surface area contributed by atoms with E-state index in [4.69, 9.17) is 0 Å². The van der Waals surface area contributed by atoms with Gasteiger partial charge in [-0.2, -0.15) is 0 Å². The number of nitrogens with one attached hydrogen (secondary N) is 2.